The predicted molar refractivity (Wildman–Crippen MR) is 119 cm³/mol. The van der Waals surface area contributed by atoms with Gasteiger partial charge in [0.2, 0.25) is 5.91 Å². The fraction of sp³-hybridized carbons (Fsp3) is 0.583. The number of H-pyrrole nitrogens is 1. The summed E-state index contributed by atoms with van der Waals surface area (Å²) in [6.07, 6.45) is 10.2. The van der Waals surface area contributed by atoms with Crippen LogP contribution in [0.15, 0.2) is 29.1 Å². The fourth-order valence-electron chi connectivity index (χ4n) is 4.31. The molecule has 4 rings (SSSR count). The zero-order chi connectivity index (χ0) is 21.6. The first kappa shape index (κ1) is 21.5. The second-order valence-corrected chi connectivity index (χ2v) is 8.88. The molecule has 0 unspecified atom stereocenters. The van der Waals surface area contributed by atoms with Crippen LogP contribution >= 0.6 is 0 Å². The summed E-state index contributed by atoms with van der Waals surface area (Å²) in [5, 5.41) is 8.28. The third kappa shape index (κ3) is 5.51. The van der Waals surface area contributed by atoms with Crippen LogP contribution in [0.25, 0.3) is 11.4 Å². The lowest BCUT2D eigenvalue weighted by molar-refractivity contribution is -0.132. The topological polar surface area (TPSA) is 88.2 Å². The summed E-state index contributed by atoms with van der Waals surface area (Å²) in [7, 11) is 1.87. The maximum absolute atomic E-state index is 12.5. The van der Waals surface area contributed by atoms with Gasteiger partial charge >= 0.3 is 0 Å². The number of hydrogen-bond donors (Lipinski definition) is 1. The predicted octanol–water partition coefficient (Wildman–Crippen LogP) is 3.73. The van der Waals surface area contributed by atoms with Crippen molar-refractivity contribution >= 4 is 5.91 Å². The van der Waals surface area contributed by atoms with Gasteiger partial charge in [0.15, 0.2) is 5.82 Å². The Bertz CT molecular complexity index is 931. The number of hydrogen-bond acceptors (Lipinski definition) is 5. The smallest absolute Gasteiger partial charge is 0.273 e. The van der Waals surface area contributed by atoms with Crippen LogP contribution in [0.5, 0.6) is 5.75 Å². The maximum atomic E-state index is 12.5. The van der Waals surface area contributed by atoms with E-state index in [0.717, 1.165) is 30.8 Å². The molecule has 1 heterocycles. The molecule has 166 valence electrons. The minimum absolute atomic E-state index is 0.0645. The summed E-state index contributed by atoms with van der Waals surface area (Å²) in [6, 6.07) is 7.86. The Kier molecular flexibility index (Phi) is 6.99. The lowest BCUT2D eigenvalue weighted by atomic mass is 9.86. The van der Waals surface area contributed by atoms with Gasteiger partial charge in [-0.05, 0) is 55.9 Å². The second-order valence-electron chi connectivity index (χ2n) is 8.88. The van der Waals surface area contributed by atoms with E-state index in [-0.39, 0.29) is 17.9 Å². The minimum atomic E-state index is -0.288. The van der Waals surface area contributed by atoms with Gasteiger partial charge in [0, 0.05) is 31.5 Å². The molecule has 0 spiro atoms. The first-order valence-electron chi connectivity index (χ1n) is 11.5. The van der Waals surface area contributed by atoms with Crippen LogP contribution < -0.4 is 10.3 Å². The fourth-order valence-corrected chi connectivity index (χ4v) is 4.31. The number of nitrogens with zero attached hydrogens (tertiary/aromatic N) is 3. The highest BCUT2D eigenvalue weighted by molar-refractivity contribution is 5.76. The Morgan fingerprint density at radius 3 is 2.45 bits per heavy atom. The molecule has 7 heteroatoms. The molecule has 2 aromatic rings. The highest BCUT2D eigenvalue weighted by Crippen LogP contribution is 2.27. The Hall–Kier alpha value is -2.70. The van der Waals surface area contributed by atoms with Crippen LogP contribution in [0.2, 0.25) is 0 Å². The molecule has 0 atom stereocenters. The van der Waals surface area contributed by atoms with Crippen LogP contribution in [0.3, 0.4) is 0 Å². The van der Waals surface area contributed by atoms with Crippen molar-refractivity contribution in [3.63, 3.8) is 0 Å². The molecular weight excluding hydrogens is 392 g/mol. The number of aromatic amines is 1. The van der Waals surface area contributed by atoms with Crippen LogP contribution in [-0.4, -0.2) is 45.7 Å². The number of carbonyl (C=O) groups excluding carboxylic acids is 1. The zero-order valence-corrected chi connectivity index (χ0v) is 18.3. The SMILES string of the molecule is CN(C(=O)CCc1nnc(-c2ccc(OCC3CCC3)cc2)[nH]c1=O)C1CCCCC1. The van der Waals surface area contributed by atoms with Gasteiger partial charge in [0.1, 0.15) is 11.4 Å². The molecule has 31 heavy (non-hydrogen) atoms. The zero-order valence-electron chi connectivity index (χ0n) is 18.3. The second kappa shape index (κ2) is 10.1. The monoisotopic (exact) mass is 424 g/mol. The van der Waals surface area contributed by atoms with E-state index >= 15 is 0 Å². The molecule has 0 saturated heterocycles. The van der Waals surface area contributed by atoms with E-state index in [9.17, 15) is 9.59 Å². The van der Waals surface area contributed by atoms with Gasteiger partial charge in [0.05, 0.1) is 6.61 Å². The van der Waals surface area contributed by atoms with Crippen molar-refractivity contribution in [3.8, 4) is 17.1 Å². The van der Waals surface area contributed by atoms with Crippen LogP contribution in [0.4, 0.5) is 0 Å². The Morgan fingerprint density at radius 1 is 1.06 bits per heavy atom. The van der Waals surface area contributed by atoms with Gasteiger partial charge in [-0.2, -0.15) is 0 Å². The molecule has 0 bridgehead atoms. The van der Waals surface area contributed by atoms with Crippen LogP contribution in [-0.2, 0) is 11.2 Å². The third-order valence-corrected chi connectivity index (χ3v) is 6.69. The van der Waals surface area contributed by atoms with E-state index in [2.05, 4.69) is 15.2 Å². The molecule has 2 aliphatic carbocycles. The number of nitrogens with one attached hydrogen (secondary N) is 1. The molecule has 0 radical (unpaired) electrons. The molecule has 2 saturated carbocycles. The molecule has 1 aromatic carbocycles. The minimum Gasteiger partial charge on any atom is -0.493 e. The van der Waals surface area contributed by atoms with Crippen molar-refractivity contribution in [2.75, 3.05) is 13.7 Å². The standard InChI is InChI=1S/C24H32N4O3/c1-28(19-8-3-2-4-9-19)22(29)15-14-21-24(30)25-23(27-26-21)18-10-12-20(13-11-18)31-16-17-6-5-7-17/h10-13,17,19H,2-9,14-16H2,1H3,(H,25,27,30). The summed E-state index contributed by atoms with van der Waals surface area (Å²) < 4.78 is 5.82. The normalized spacial score (nSPS) is 17.2. The number of aryl methyl sites for hydroxylation is 1. The summed E-state index contributed by atoms with van der Waals surface area (Å²) in [5.74, 6) is 1.99. The average Bonchev–Trinajstić information content (AvgIpc) is 2.77. The van der Waals surface area contributed by atoms with Crippen LogP contribution in [0, 0.1) is 5.92 Å². The molecule has 0 aliphatic heterocycles. The van der Waals surface area contributed by atoms with Gasteiger partial charge in [-0.1, -0.05) is 25.7 Å². The summed E-state index contributed by atoms with van der Waals surface area (Å²) in [5.41, 5.74) is 0.790. The van der Waals surface area contributed by atoms with Gasteiger partial charge in [-0.15, -0.1) is 10.2 Å². The van der Waals surface area contributed by atoms with Crippen molar-refractivity contribution in [1.82, 2.24) is 20.1 Å². The van der Waals surface area contributed by atoms with E-state index in [1.165, 1.54) is 38.5 Å². The van der Waals surface area contributed by atoms with Crippen molar-refractivity contribution in [2.45, 2.75) is 70.3 Å². The first-order valence-corrected chi connectivity index (χ1v) is 11.5. The van der Waals surface area contributed by atoms with E-state index in [1.54, 1.807) is 0 Å². The number of carbonyl (C=O) groups is 1. The molecule has 7 nitrogen and oxygen atoms in total. The van der Waals surface area contributed by atoms with E-state index in [1.807, 2.05) is 36.2 Å². The number of ether oxygens (including phenoxy) is 1. The average molecular weight is 425 g/mol. The van der Waals surface area contributed by atoms with Crippen molar-refractivity contribution in [1.29, 1.82) is 0 Å². The first-order chi connectivity index (χ1) is 15.1. The largest absolute Gasteiger partial charge is 0.493 e. The van der Waals surface area contributed by atoms with Gasteiger partial charge in [0.25, 0.3) is 5.56 Å². The molecule has 1 N–H and O–H groups in total. The van der Waals surface area contributed by atoms with E-state index < -0.39 is 0 Å². The van der Waals surface area contributed by atoms with Crippen molar-refractivity contribution in [2.24, 2.45) is 5.92 Å². The van der Waals surface area contributed by atoms with Crippen molar-refractivity contribution < 1.29 is 9.53 Å². The maximum Gasteiger partial charge on any atom is 0.273 e. The van der Waals surface area contributed by atoms with E-state index in [4.69, 9.17) is 4.74 Å². The molecule has 1 aromatic heterocycles. The number of aromatic nitrogens is 3. The number of amides is 1. The lowest BCUT2D eigenvalue weighted by Gasteiger charge is -2.31. The summed E-state index contributed by atoms with van der Waals surface area (Å²) >= 11 is 0. The molecule has 2 aliphatic rings. The van der Waals surface area contributed by atoms with Crippen molar-refractivity contribution in [3.05, 3.63) is 40.3 Å². The number of rotatable bonds is 8. The Labute approximate surface area is 183 Å². The van der Waals surface area contributed by atoms with Gasteiger partial charge in [-0.3, -0.25) is 9.59 Å². The Balaban J connectivity index is 1.32. The van der Waals surface area contributed by atoms with E-state index in [0.29, 0.717) is 29.9 Å². The quantitative estimate of drug-likeness (QED) is 0.697. The van der Waals surface area contributed by atoms with Gasteiger partial charge in [-0.25, -0.2) is 0 Å². The van der Waals surface area contributed by atoms with Crippen LogP contribution in [0.1, 0.15) is 63.5 Å². The molecule has 2 fully saturated rings. The lowest BCUT2D eigenvalue weighted by Crippen LogP contribution is -2.38. The molecule has 1 amide bonds. The molecular formula is C24H32N4O3. The number of benzene rings is 1. The summed E-state index contributed by atoms with van der Waals surface area (Å²) in [4.78, 5) is 29.6. The Morgan fingerprint density at radius 2 is 1.81 bits per heavy atom. The van der Waals surface area contributed by atoms with Gasteiger partial charge < -0.3 is 14.6 Å². The highest BCUT2D eigenvalue weighted by Gasteiger charge is 2.22. The summed E-state index contributed by atoms with van der Waals surface area (Å²) in [6.45, 7) is 0.763. The highest BCUT2D eigenvalue weighted by atomic mass is 16.5. The third-order valence-electron chi connectivity index (χ3n) is 6.69.